The molecule has 102 valence electrons. The molecule has 1 unspecified atom stereocenters. The van der Waals surface area contributed by atoms with Gasteiger partial charge in [-0.25, -0.2) is 17.5 Å². The van der Waals surface area contributed by atoms with Gasteiger partial charge in [-0.3, -0.25) is 0 Å². The molecule has 0 bridgehead atoms. The number of halogens is 1. The fraction of sp³-hybridized carbons (Fsp3) is 0.538. The Kier molecular flexibility index (Phi) is 4.50. The van der Waals surface area contributed by atoms with Gasteiger partial charge in [0.25, 0.3) is 0 Å². The predicted octanol–water partition coefficient (Wildman–Crippen LogP) is 2.85. The van der Waals surface area contributed by atoms with Gasteiger partial charge in [0.15, 0.2) is 0 Å². The van der Waals surface area contributed by atoms with Crippen molar-refractivity contribution in [2.45, 2.75) is 33.7 Å². The third-order valence-corrected chi connectivity index (χ3v) is 4.10. The predicted molar refractivity (Wildman–Crippen MR) is 71.2 cm³/mol. The molecular formula is C13H20FNO2S. The SMILES string of the molecule is CCS(=O)(=O)NC(c1ccc(F)cc1)C(C)(C)C. The van der Waals surface area contributed by atoms with Crippen molar-refractivity contribution in [1.29, 1.82) is 0 Å². The standard InChI is InChI=1S/C13H20FNO2S/c1-5-18(16,17)15-12(13(2,3)4)10-6-8-11(14)9-7-10/h6-9,12,15H,5H2,1-4H3. The first-order valence-electron chi connectivity index (χ1n) is 5.91. The summed E-state index contributed by atoms with van der Waals surface area (Å²) < 4.78 is 39.0. The van der Waals surface area contributed by atoms with Gasteiger partial charge in [0.1, 0.15) is 5.82 Å². The molecule has 18 heavy (non-hydrogen) atoms. The van der Waals surface area contributed by atoms with E-state index in [0.29, 0.717) is 0 Å². The summed E-state index contributed by atoms with van der Waals surface area (Å²) in [4.78, 5) is 0. The van der Waals surface area contributed by atoms with Gasteiger partial charge in [0.05, 0.1) is 11.8 Å². The molecule has 0 saturated carbocycles. The van der Waals surface area contributed by atoms with Gasteiger partial charge in [0.2, 0.25) is 10.0 Å². The summed E-state index contributed by atoms with van der Waals surface area (Å²) in [5.41, 5.74) is 0.473. The van der Waals surface area contributed by atoms with Crippen LogP contribution in [0.15, 0.2) is 24.3 Å². The molecule has 0 heterocycles. The third kappa shape index (κ3) is 4.07. The van der Waals surface area contributed by atoms with Crippen LogP contribution in [0.3, 0.4) is 0 Å². The first kappa shape index (κ1) is 15.1. The van der Waals surface area contributed by atoms with Crippen LogP contribution in [-0.2, 0) is 10.0 Å². The normalized spacial score (nSPS) is 14.5. The molecule has 3 nitrogen and oxygen atoms in total. The Morgan fingerprint density at radius 3 is 2.11 bits per heavy atom. The summed E-state index contributed by atoms with van der Waals surface area (Å²) in [6.45, 7) is 7.42. The third-order valence-electron chi connectivity index (χ3n) is 2.75. The van der Waals surface area contributed by atoms with E-state index in [2.05, 4.69) is 4.72 Å². The Hall–Kier alpha value is -0.940. The molecule has 1 aromatic rings. The molecule has 0 spiro atoms. The zero-order valence-corrected chi connectivity index (χ0v) is 12.0. The molecule has 0 radical (unpaired) electrons. The van der Waals surface area contributed by atoms with Crippen LogP contribution in [0.1, 0.15) is 39.3 Å². The number of hydrogen-bond acceptors (Lipinski definition) is 2. The maximum Gasteiger partial charge on any atom is 0.211 e. The van der Waals surface area contributed by atoms with E-state index < -0.39 is 10.0 Å². The summed E-state index contributed by atoms with van der Waals surface area (Å²) in [6, 6.07) is 5.54. The van der Waals surface area contributed by atoms with Gasteiger partial charge in [-0.15, -0.1) is 0 Å². The second kappa shape index (κ2) is 5.36. The van der Waals surface area contributed by atoms with E-state index in [0.717, 1.165) is 5.56 Å². The van der Waals surface area contributed by atoms with Crippen LogP contribution in [0.4, 0.5) is 4.39 Å². The number of benzene rings is 1. The fourth-order valence-electron chi connectivity index (χ4n) is 1.66. The minimum Gasteiger partial charge on any atom is -0.212 e. The minimum absolute atomic E-state index is 0.0285. The zero-order valence-electron chi connectivity index (χ0n) is 11.2. The van der Waals surface area contributed by atoms with Crippen molar-refractivity contribution in [2.75, 3.05) is 5.75 Å². The van der Waals surface area contributed by atoms with Crippen LogP contribution in [0, 0.1) is 11.2 Å². The van der Waals surface area contributed by atoms with E-state index in [-0.39, 0.29) is 23.0 Å². The highest BCUT2D eigenvalue weighted by atomic mass is 32.2. The number of hydrogen-bond donors (Lipinski definition) is 1. The van der Waals surface area contributed by atoms with Crippen molar-refractivity contribution in [3.05, 3.63) is 35.6 Å². The Bertz CT molecular complexity index is 489. The lowest BCUT2D eigenvalue weighted by Crippen LogP contribution is -2.37. The summed E-state index contributed by atoms with van der Waals surface area (Å²) in [5, 5.41) is 0. The van der Waals surface area contributed by atoms with E-state index >= 15 is 0 Å². The van der Waals surface area contributed by atoms with Crippen LogP contribution in [0.25, 0.3) is 0 Å². The number of sulfonamides is 1. The second-order valence-corrected chi connectivity index (χ2v) is 7.41. The molecule has 0 aromatic heterocycles. The highest BCUT2D eigenvalue weighted by molar-refractivity contribution is 7.89. The average molecular weight is 273 g/mol. The lowest BCUT2D eigenvalue weighted by atomic mass is 9.83. The molecule has 1 atom stereocenters. The number of nitrogens with one attached hydrogen (secondary N) is 1. The first-order valence-corrected chi connectivity index (χ1v) is 7.56. The smallest absolute Gasteiger partial charge is 0.211 e. The molecule has 1 rings (SSSR count). The van der Waals surface area contributed by atoms with Gasteiger partial charge in [-0.2, -0.15) is 0 Å². The van der Waals surface area contributed by atoms with Crippen LogP contribution >= 0.6 is 0 Å². The molecule has 0 aliphatic carbocycles. The molecule has 0 aliphatic heterocycles. The lowest BCUT2D eigenvalue weighted by molar-refractivity contribution is 0.304. The van der Waals surface area contributed by atoms with Crippen molar-refractivity contribution in [3.63, 3.8) is 0 Å². The van der Waals surface area contributed by atoms with Crippen LogP contribution < -0.4 is 4.72 Å². The molecule has 1 aromatic carbocycles. The summed E-state index contributed by atoms with van der Waals surface area (Å²) >= 11 is 0. The summed E-state index contributed by atoms with van der Waals surface area (Å²) in [6.07, 6.45) is 0. The summed E-state index contributed by atoms with van der Waals surface area (Å²) in [5.74, 6) is -0.300. The van der Waals surface area contributed by atoms with Crippen molar-refractivity contribution in [2.24, 2.45) is 5.41 Å². The van der Waals surface area contributed by atoms with Gasteiger partial charge in [-0.05, 0) is 30.0 Å². The van der Waals surface area contributed by atoms with Gasteiger partial charge < -0.3 is 0 Å². The molecular weight excluding hydrogens is 253 g/mol. The summed E-state index contributed by atoms with van der Waals surface area (Å²) in [7, 11) is -3.30. The molecule has 5 heteroatoms. The van der Waals surface area contributed by atoms with Crippen molar-refractivity contribution < 1.29 is 12.8 Å². The van der Waals surface area contributed by atoms with Gasteiger partial charge in [0, 0.05) is 0 Å². The first-order chi connectivity index (χ1) is 8.15. The van der Waals surface area contributed by atoms with Crippen molar-refractivity contribution >= 4 is 10.0 Å². The minimum atomic E-state index is -3.30. The van der Waals surface area contributed by atoms with E-state index in [1.807, 2.05) is 20.8 Å². The molecule has 0 saturated heterocycles. The highest BCUT2D eigenvalue weighted by Gasteiger charge is 2.29. The monoisotopic (exact) mass is 273 g/mol. The van der Waals surface area contributed by atoms with E-state index in [1.165, 1.54) is 12.1 Å². The Morgan fingerprint density at radius 1 is 1.22 bits per heavy atom. The quantitative estimate of drug-likeness (QED) is 0.917. The Balaban J connectivity index is 3.11. The van der Waals surface area contributed by atoms with Crippen LogP contribution in [0.2, 0.25) is 0 Å². The topological polar surface area (TPSA) is 46.2 Å². The Morgan fingerprint density at radius 2 is 1.72 bits per heavy atom. The van der Waals surface area contributed by atoms with Crippen LogP contribution in [-0.4, -0.2) is 14.2 Å². The average Bonchev–Trinajstić information content (AvgIpc) is 2.26. The number of rotatable bonds is 4. The van der Waals surface area contributed by atoms with Crippen molar-refractivity contribution in [1.82, 2.24) is 4.72 Å². The highest BCUT2D eigenvalue weighted by Crippen LogP contribution is 2.33. The van der Waals surface area contributed by atoms with Gasteiger partial charge >= 0.3 is 0 Å². The van der Waals surface area contributed by atoms with E-state index in [1.54, 1.807) is 19.1 Å². The molecule has 0 amide bonds. The maximum atomic E-state index is 12.9. The molecule has 0 aliphatic rings. The largest absolute Gasteiger partial charge is 0.212 e. The zero-order chi connectivity index (χ0) is 14.0. The van der Waals surface area contributed by atoms with Gasteiger partial charge in [-0.1, -0.05) is 32.9 Å². The second-order valence-electron chi connectivity index (χ2n) is 5.37. The molecule has 1 N–H and O–H groups in total. The van der Waals surface area contributed by atoms with E-state index in [9.17, 15) is 12.8 Å². The lowest BCUT2D eigenvalue weighted by Gasteiger charge is -2.31. The fourth-order valence-corrected chi connectivity index (χ4v) is 2.68. The van der Waals surface area contributed by atoms with E-state index in [4.69, 9.17) is 0 Å². The van der Waals surface area contributed by atoms with Crippen LogP contribution in [0.5, 0.6) is 0 Å². The Labute approximate surface area is 108 Å². The maximum absolute atomic E-state index is 12.9. The molecule has 0 fully saturated rings. The van der Waals surface area contributed by atoms with Crippen molar-refractivity contribution in [3.8, 4) is 0 Å².